The van der Waals surface area contributed by atoms with Gasteiger partial charge in [0.2, 0.25) is 0 Å². The van der Waals surface area contributed by atoms with Crippen molar-refractivity contribution in [3.63, 3.8) is 0 Å². The van der Waals surface area contributed by atoms with Gasteiger partial charge in [-0.3, -0.25) is 0 Å². The van der Waals surface area contributed by atoms with Crippen LogP contribution in [-0.2, 0) is 9.84 Å². The standard InChI is InChI=1S/C13H24N4O2S/c1-7-14-11-9(2)12(17-10(3)16-11)15-8-13(4,5)20(6,18)19/h7-8H2,1-6H3,(H2,14,15,16,17). The maximum absolute atomic E-state index is 11.7. The van der Waals surface area contributed by atoms with E-state index in [9.17, 15) is 8.42 Å². The van der Waals surface area contributed by atoms with E-state index in [1.54, 1.807) is 13.8 Å². The second-order valence-electron chi connectivity index (χ2n) is 5.51. The van der Waals surface area contributed by atoms with Crippen molar-refractivity contribution < 1.29 is 8.42 Å². The van der Waals surface area contributed by atoms with Crippen LogP contribution in [0.15, 0.2) is 0 Å². The third-order valence-corrected chi connectivity index (χ3v) is 5.44. The van der Waals surface area contributed by atoms with Crippen LogP contribution < -0.4 is 10.6 Å². The van der Waals surface area contributed by atoms with Crippen molar-refractivity contribution in [1.29, 1.82) is 0 Å². The maximum atomic E-state index is 11.7. The molecule has 7 heteroatoms. The fraction of sp³-hybridized carbons (Fsp3) is 0.692. The van der Waals surface area contributed by atoms with Gasteiger partial charge in [-0.15, -0.1) is 0 Å². The lowest BCUT2D eigenvalue weighted by Gasteiger charge is -2.24. The number of hydrogen-bond donors (Lipinski definition) is 2. The first kappa shape index (κ1) is 16.7. The molecule has 0 aliphatic carbocycles. The Bertz CT molecular complexity index is 582. The zero-order chi connectivity index (χ0) is 15.6. The number of aromatic nitrogens is 2. The molecule has 0 saturated carbocycles. The maximum Gasteiger partial charge on any atom is 0.154 e. The van der Waals surface area contributed by atoms with Crippen molar-refractivity contribution in [2.75, 3.05) is 30.0 Å². The molecule has 1 aromatic rings. The highest BCUT2D eigenvalue weighted by atomic mass is 32.2. The summed E-state index contributed by atoms with van der Waals surface area (Å²) in [6, 6.07) is 0. The average molecular weight is 300 g/mol. The first-order chi connectivity index (χ1) is 9.08. The van der Waals surface area contributed by atoms with Gasteiger partial charge in [-0.25, -0.2) is 18.4 Å². The Morgan fingerprint density at radius 1 is 1.10 bits per heavy atom. The zero-order valence-electron chi connectivity index (χ0n) is 13.0. The summed E-state index contributed by atoms with van der Waals surface area (Å²) in [5.41, 5.74) is 0.891. The van der Waals surface area contributed by atoms with Gasteiger partial charge in [0.25, 0.3) is 0 Å². The summed E-state index contributed by atoms with van der Waals surface area (Å²) in [4.78, 5) is 8.68. The smallest absolute Gasteiger partial charge is 0.154 e. The summed E-state index contributed by atoms with van der Waals surface area (Å²) < 4.78 is 22.6. The number of aryl methyl sites for hydroxylation is 1. The summed E-state index contributed by atoms with van der Waals surface area (Å²) in [6.45, 7) is 10.2. The highest BCUT2D eigenvalue weighted by Gasteiger charge is 2.30. The number of hydrogen-bond acceptors (Lipinski definition) is 6. The first-order valence-corrected chi connectivity index (χ1v) is 8.50. The van der Waals surface area contributed by atoms with E-state index in [1.807, 2.05) is 20.8 Å². The van der Waals surface area contributed by atoms with Crippen molar-refractivity contribution in [3.05, 3.63) is 11.4 Å². The van der Waals surface area contributed by atoms with E-state index < -0.39 is 14.6 Å². The van der Waals surface area contributed by atoms with Gasteiger partial charge in [-0.05, 0) is 34.6 Å². The van der Waals surface area contributed by atoms with Crippen LogP contribution >= 0.6 is 0 Å². The fourth-order valence-corrected chi connectivity index (χ4v) is 1.90. The Morgan fingerprint density at radius 2 is 1.60 bits per heavy atom. The van der Waals surface area contributed by atoms with Crippen LogP contribution in [0.25, 0.3) is 0 Å². The summed E-state index contributed by atoms with van der Waals surface area (Å²) >= 11 is 0. The molecule has 0 unspecified atom stereocenters. The van der Waals surface area contributed by atoms with E-state index in [4.69, 9.17) is 0 Å². The molecule has 0 fully saturated rings. The number of sulfone groups is 1. The monoisotopic (exact) mass is 300 g/mol. The molecule has 0 radical (unpaired) electrons. The van der Waals surface area contributed by atoms with Crippen molar-refractivity contribution in [2.45, 2.75) is 39.4 Å². The topological polar surface area (TPSA) is 84.0 Å². The normalized spacial score (nSPS) is 12.3. The van der Waals surface area contributed by atoms with Crippen molar-refractivity contribution in [3.8, 4) is 0 Å². The molecule has 1 heterocycles. The number of rotatable bonds is 6. The molecule has 6 nitrogen and oxygen atoms in total. The van der Waals surface area contributed by atoms with E-state index in [2.05, 4.69) is 20.6 Å². The van der Waals surface area contributed by atoms with Gasteiger partial charge in [0.05, 0.1) is 4.75 Å². The largest absolute Gasteiger partial charge is 0.370 e. The molecule has 1 aromatic heterocycles. The molecule has 0 aliphatic heterocycles. The third-order valence-electron chi connectivity index (χ3n) is 3.29. The van der Waals surface area contributed by atoms with Crippen molar-refractivity contribution >= 4 is 21.5 Å². The molecule has 0 amide bonds. The lowest BCUT2D eigenvalue weighted by Crippen LogP contribution is -2.38. The minimum atomic E-state index is -3.14. The minimum Gasteiger partial charge on any atom is -0.370 e. The molecular formula is C13H24N4O2S. The highest BCUT2D eigenvalue weighted by molar-refractivity contribution is 7.92. The summed E-state index contributed by atoms with van der Waals surface area (Å²) in [5.74, 6) is 2.09. The van der Waals surface area contributed by atoms with E-state index in [0.717, 1.165) is 17.9 Å². The minimum absolute atomic E-state index is 0.300. The number of nitrogens with zero attached hydrogens (tertiary/aromatic N) is 2. The number of anilines is 2. The quantitative estimate of drug-likeness (QED) is 0.833. The van der Waals surface area contributed by atoms with Crippen LogP contribution in [0.2, 0.25) is 0 Å². The van der Waals surface area contributed by atoms with E-state index in [-0.39, 0.29) is 0 Å². The molecule has 0 aliphatic rings. The van der Waals surface area contributed by atoms with Crippen molar-refractivity contribution in [1.82, 2.24) is 9.97 Å². The molecule has 114 valence electrons. The Kier molecular flexibility index (Phi) is 4.96. The molecule has 20 heavy (non-hydrogen) atoms. The van der Waals surface area contributed by atoms with E-state index in [0.29, 0.717) is 18.2 Å². The van der Waals surface area contributed by atoms with Gasteiger partial charge in [-0.1, -0.05) is 0 Å². The molecule has 0 spiro atoms. The predicted octanol–water partition coefficient (Wildman–Crippen LogP) is 1.76. The van der Waals surface area contributed by atoms with Gasteiger partial charge in [0.1, 0.15) is 17.5 Å². The summed E-state index contributed by atoms with van der Waals surface area (Å²) in [5, 5.41) is 6.30. The second kappa shape index (κ2) is 5.95. The molecule has 0 bridgehead atoms. The SMILES string of the molecule is CCNc1nc(C)nc(NCC(C)(C)S(C)(=O)=O)c1C. The lowest BCUT2D eigenvalue weighted by molar-refractivity contribution is 0.559. The Labute approximate surface area is 121 Å². The highest BCUT2D eigenvalue weighted by Crippen LogP contribution is 2.22. The van der Waals surface area contributed by atoms with Gasteiger partial charge in [-0.2, -0.15) is 0 Å². The van der Waals surface area contributed by atoms with Gasteiger partial charge in [0.15, 0.2) is 9.84 Å². The molecule has 0 aromatic carbocycles. The number of nitrogens with one attached hydrogen (secondary N) is 2. The fourth-order valence-electron chi connectivity index (χ4n) is 1.57. The van der Waals surface area contributed by atoms with Crippen LogP contribution in [0.4, 0.5) is 11.6 Å². The van der Waals surface area contributed by atoms with E-state index >= 15 is 0 Å². The zero-order valence-corrected chi connectivity index (χ0v) is 13.8. The third kappa shape index (κ3) is 3.82. The van der Waals surface area contributed by atoms with Crippen LogP contribution in [-0.4, -0.2) is 42.5 Å². The van der Waals surface area contributed by atoms with Crippen LogP contribution in [0, 0.1) is 13.8 Å². The second-order valence-corrected chi connectivity index (χ2v) is 8.16. The molecule has 0 saturated heterocycles. The van der Waals surface area contributed by atoms with Crippen LogP contribution in [0.1, 0.15) is 32.2 Å². The first-order valence-electron chi connectivity index (χ1n) is 6.61. The van der Waals surface area contributed by atoms with Crippen LogP contribution in [0.5, 0.6) is 0 Å². The predicted molar refractivity (Wildman–Crippen MR) is 83.1 cm³/mol. The molecule has 2 N–H and O–H groups in total. The van der Waals surface area contributed by atoms with Gasteiger partial charge >= 0.3 is 0 Å². The summed E-state index contributed by atoms with van der Waals surface area (Å²) in [6.07, 6.45) is 1.25. The van der Waals surface area contributed by atoms with E-state index in [1.165, 1.54) is 6.26 Å². The Hall–Kier alpha value is -1.37. The summed E-state index contributed by atoms with van der Waals surface area (Å²) in [7, 11) is -3.14. The van der Waals surface area contributed by atoms with Gasteiger partial charge < -0.3 is 10.6 Å². The molecule has 1 rings (SSSR count). The lowest BCUT2D eigenvalue weighted by atomic mass is 10.2. The Morgan fingerprint density at radius 3 is 2.05 bits per heavy atom. The molecular weight excluding hydrogens is 276 g/mol. The Balaban J connectivity index is 2.99. The van der Waals surface area contributed by atoms with Crippen LogP contribution in [0.3, 0.4) is 0 Å². The van der Waals surface area contributed by atoms with Gasteiger partial charge in [0, 0.05) is 24.9 Å². The molecule has 0 atom stereocenters. The average Bonchev–Trinajstić information content (AvgIpc) is 2.30. The van der Waals surface area contributed by atoms with Crippen molar-refractivity contribution in [2.24, 2.45) is 0 Å².